The molecule has 0 bridgehead atoms. The standard InChI is InChI=1S/C21H18N4O.C7H7N5O/c1-3-17-13-20-12-11-19(10-9-16-14-22-23(2)15-16)25(20)21(26)24(17)18-7-5-4-6-8-18;8-6-5(7(9)13)12-4(11-6)2-1-3-10-12/h4-8,11-15H,3H2,1-2H3;1-3H,8H2,(H2,9,13). The van der Waals surface area contributed by atoms with E-state index in [4.69, 9.17) is 11.5 Å². The summed E-state index contributed by atoms with van der Waals surface area (Å²) in [5.74, 6) is 5.64. The van der Waals surface area contributed by atoms with E-state index in [1.165, 1.54) is 10.7 Å². The Labute approximate surface area is 222 Å². The summed E-state index contributed by atoms with van der Waals surface area (Å²) in [6.45, 7) is 2.05. The smallest absolute Gasteiger partial charge is 0.338 e. The van der Waals surface area contributed by atoms with Gasteiger partial charge in [-0.3, -0.25) is 18.4 Å². The van der Waals surface area contributed by atoms with Crippen molar-refractivity contribution in [1.29, 1.82) is 0 Å². The highest BCUT2D eigenvalue weighted by Gasteiger charge is 2.14. The first kappa shape index (κ1) is 25.0. The number of hydrogen-bond donors (Lipinski definition) is 2. The summed E-state index contributed by atoms with van der Waals surface area (Å²) in [5, 5.41) is 8.01. The molecule has 11 heteroatoms. The Bertz CT molecular complexity index is 1930. The highest BCUT2D eigenvalue weighted by molar-refractivity contribution is 5.96. The van der Waals surface area contributed by atoms with Crippen LogP contribution in [0.3, 0.4) is 0 Å². The second-order valence-corrected chi connectivity index (χ2v) is 8.58. The highest BCUT2D eigenvalue weighted by atomic mass is 16.2. The molecule has 0 saturated carbocycles. The van der Waals surface area contributed by atoms with Crippen LogP contribution in [0.25, 0.3) is 16.9 Å². The molecule has 0 unspecified atom stereocenters. The number of nitrogens with two attached hydrogens (primary N) is 2. The minimum Gasteiger partial charge on any atom is -0.382 e. The van der Waals surface area contributed by atoms with Gasteiger partial charge >= 0.3 is 5.69 Å². The molecule has 5 heterocycles. The molecule has 6 aromatic rings. The Kier molecular flexibility index (Phi) is 6.67. The molecule has 0 aliphatic rings. The molecule has 6 rings (SSSR count). The summed E-state index contributed by atoms with van der Waals surface area (Å²) >= 11 is 0. The van der Waals surface area contributed by atoms with Gasteiger partial charge in [0.2, 0.25) is 0 Å². The SMILES string of the molecule is CCc1cc2ccc(C#Cc3cnn(C)c3)n2c(=O)n1-c1ccccc1.NC(=O)c1c(N)nc2cccnn12. The molecule has 0 saturated heterocycles. The zero-order chi connectivity index (χ0) is 27.5. The molecular weight excluding hydrogens is 494 g/mol. The van der Waals surface area contributed by atoms with Crippen molar-refractivity contribution in [1.82, 2.24) is 33.3 Å². The summed E-state index contributed by atoms with van der Waals surface area (Å²) in [7, 11) is 1.85. The van der Waals surface area contributed by atoms with Crippen molar-refractivity contribution in [3.05, 3.63) is 112 Å². The maximum Gasteiger partial charge on any atom is 0.338 e. The first-order chi connectivity index (χ1) is 18.9. The van der Waals surface area contributed by atoms with Crippen LogP contribution in [0, 0.1) is 11.8 Å². The minimum absolute atomic E-state index is 0.103. The van der Waals surface area contributed by atoms with Crippen molar-refractivity contribution in [2.45, 2.75) is 13.3 Å². The van der Waals surface area contributed by atoms with Crippen LogP contribution in [-0.4, -0.2) is 39.3 Å². The zero-order valence-corrected chi connectivity index (χ0v) is 21.3. The molecule has 0 spiro atoms. The Hall–Kier alpha value is -5.63. The lowest BCUT2D eigenvalue weighted by molar-refractivity contribution is 0.0994. The van der Waals surface area contributed by atoms with Gasteiger partial charge in [-0.25, -0.2) is 14.3 Å². The van der Waals surface area contributed by atoms with Crippen LogP contribution in [0.15, 0.2) is 84.0 Å². The number of nitrogen functional groups attached to an aromatic ring is 1. The minimum atomic E-state index is -0.635. The second-order valence-electron chi connectivity index (χ2n) is 8.58. The van der Waals surface area contributed by atoms with E-state index in [1.54, 1.807) is 32.0 Å². The summed E-state index contributed by atoms with van der Waals surface area (Å²) in [6, 6.07) is 18.9. The van der Waals surface area contributed by atoms with Gasteiger partial charge < -0.3 is 11.5 Å². The number of primary amides is 1. The number of aromatic nitrogens is 7. The van der Waals surface area contributed by atoms with Gasteiger partial charge in [0.05, 0.1) is 23.0 Å². The van der Waals surface area contributed by atoms with E-state index in [0.717, 1.165) is 28.9 Å². The molecule has 0 aliphatic heterocycles. The van der Waals surface area contributed by atoms with Crippen molar-refractivity contribution in [2.24, 2.45) is 12.8 Å². The van der Waals surface area contributed by atoms with Gasteiger partial charge in [-0.05, 0) is 54.8 Å². The number of benzene rings is 1. The third kappa shape index (κ3) is 4.86. The van der Waals surface area contributed by atoms with Crippen molar-refractivity contribution in [3.63, 3.8) is 0 Å². The highest BCUT2D eigenvalue weighted by Crippen LogP contribution is 2.15. The summed E-state index contributed by atoms with van der Waals surface area (Å²) in [6.07, 6.45) is 5.85. The fourth-order valence-corrected chi connectivity index (χ4v) is 4.21. The molecule has 4 N–H and O–H groups in total. The Balaban J connectivity index is 0.000000198. The van der Waals surface area contributed by atoms with Gasteiger partial charge in [-0.1, -0.05) is 31.0 Å². The normalized spacial score (nSPS) is 10.6. The van der Waals surface area contributed by atoms with E-state index in [0.29, 0.717) is 11.3 Å². The number of amides is 1. The Morgan fingerprint density at radius 2 is 1.82 bits per heavy atom. The number of imidazole rings is 1. The maximum absolute atomic E-state index is 13.2. The Morgan fingerprint density at radius 1 is 1.03 bits per heavy atom. The predicted molar refractivity (Wildman–Crippen MR) is 147 cm³/mol. The average molecular weight is 520 g/mol. The van der Waals surface area contributed by atoms with E-state index < -0.39 is 5.91 Å². The van der Waals surface area contributed by atoms with E-state index >= 15 is 0 Å². The number of fused-ring (bicyclic) bond motifs is 2. The number of aryl methyl sites for hydroxylation is 2. The first-order valence-electron chi connectivity index (χ1n) is 12.1. The lowest BCUT2D eigenvalue weighted by Gasteiger charge is -2.13. The van der Waals surface area contributed by atoms with Crippen LogP contribution in [0.1, 0.15) is 34.4 Å². The molecule has 194 valence electrons. The number of carbonyl (C=O) groups is 1. The summed E-state index contributed by atoms with van der Waals surface area (Å²) < 4.78 is 6.44. The third-order valence-corrected chi connectivity index (χ3v) is 5.97. The van der Waals surface area contributed by atoms with E-state index in [2.05, 4.69) is 33.9 Å². The Morgan fingerprint density at radius 3 is 2.51 bits per heavy atom. The maximum atomic E-state index is 13.2. The first-order valence-corrected chi connectivity index (χ1v) is 12.1. The van der Waals surface area contributed by atoms with Crippen molar-refractivity contribution < 1.29 is 4.79 Å². The van der Waals surface area contributed by atoms with Crippen LogP contribution >= 0.6 is 0 Å². The van der Waals surface area contributed by atoms with E-state index in [9.17, 15) is 9.59 Å². The number of anilines is 1. The predicted octanol–water partition coefficient (Wildman–Crippen LogP) is 2.20. The lowest BCUT2D eigenvalue weighted by atomic mass is 10.2. The molecular formula is C28H25N9O2. The number of carbonyl (C=O) groups excluding carboxylic acids is 1. The number of nitrogens with zero attached hydrogens (tertiary/aromatic N) is 7. The van der Waals surface area contributed by atoms with Gasteiger partial charge in [0.1, 0.15) is 5.69 Å². The molecule has 0 atom stereocenters. The number of rotatable bonds is 3. The summed E-state index contributed by atoms with van der Waals surface area (Å²) in [5.41, 5.74) is 15.3. The monoisotopic (exact) mass is 519 g/mol. The van der Waals surface area contributed by atoms with Crippen molar-refractivity contribution in [3.8, 4) is 17.5 Å². The van der Waals surface area contributed by atoms with Crippen molar-refractivity contribution >= 4 is 22.9 Å². The van der Waals surface area contributed by atoms with Crippen LogP contribution in [-0.2, 0) is 13.5 Å². The number of para-hydroxylation sites is 1. The quantitative estimate of drug-likeness (QED) is 0.343. The van der Waals surface area contributed by atoms with Crippen molar-refractivity contribution in [2.75, 3.05) is 5.73 Å². The van der Waals surface area contributed by atoms with Gasteiger partial charge in [-0.2, -0.15) is 10.2 Å². The largest absolute Gasteiger partial charge is 0.382 e. The van der Waals surface area contributed by atoms with E-state index in [1.807, 2.05) is 61.8 Å². The van der Waals surface area contributed by atoms with Gasteiger partial charge in [0, 0.05) is 25.1 Å². The topological polar surface area (TPSA) is 144 Å². The average Bonchev–Trinajstić information content (AvgIpc) is 3.63. The fraction of sp³-hybridized carbons (Fsp3) is 0.107. The molecule has 5 aromatic heterocycles. The lowest BCUT2D eigenvalue weighted by Crippen LogP contribution is -2.28. The van der Waals surface area contributed by atoms with E-state index in [-0.39, 0.29) is 17.2 Å². The van der Waals surface area contributed by atoms with Crippen LogP contribution in [0.2, 0.25) is 0 Å². The van der Waals surface area contributed by atoms with Crippen LogP contribution in [0.5, 0.6) is 0 Å². The zero-order valence-electron chi connectivity index (χ0n) is 21.3. The molecule has 0 fully saturated rings. The molecule has 39 heavy (non-hydrogen) atoms. The second kappa shape index (κ2) is 10.4. The summed E-state index contributed by atoms with van der Waals surface area (Å²) in [4.78, 5) is 28.1. The van der Waals surface area contributed by atoms with Crippen LogP contribution in [0.4, 0.5) is 5.82 Å². The van der Waals surface area contributed by atoms with Gasteiger partial charge in [0.25, 0.3) is 5.91 Å². The van der Waals surface area contributed by atoms with Gasteiger partial charge in [-0.15, -0.1) is 0 Å². The van der Waals surface area contributed by atoms with Gasteiger partial charge in [0.15, 0.2) is 17.2 Å². The molecule has 1 aromatic carbocycles. The molecule has 0 aliphatic carbocycles. The molecule has 0 radical (unpaired) electrons. The molecule has 11 nitrogen and oxygen atoms in total. The third-order valence-electron chi connectivity index (χ3n) is 5.97. The molecule has 1 amide bonds. The number of hydrogen-bond acceptors (Lipinski definition) is 6. The fourth-order valence-electron chi connectivity index (χ4n) is 4.21. The van der Waals surface area contributed by atoms with Crippen LogP contribution < -0.4 is 17.2 Å².